The minimum atomic E-state index is 0.0677. The van der Waals surface area contributed by atoms with Crippen LogP contribution in [0.2, 0.25) is 0 Å². The molecular formula is C21H33N5O2. The molecule has 154 valence electrons. The number of rotatable bonds is 7. The van der Waals surface area contributed by atoms with E-state index >= 15 is 0 Å². The average molecular weight is 388 g/mol. The zero-order chi connectivity index (χ0) is 20.3. The molecule has 2 aromatic heterocycles. The molecule has 7 nitrogen and oxygen atoms in total. The first kappa shape index (κ1) is 20.6. The molecule has 0 radical (unpaired) electrons. The molecule has 0 saturated heterocycles. The quantitative estimate of drug-likeness (QED) is 0.761. The van der Waals surface area contributed by atoms with Crippen LogP contribution in [-0.2, 0) is 18.3 Å². The highest BCUT2D eigenvalue weighted by Gasteiger charge is 2.24. The zero-order valence-corrected chi connectivity index (χ0v) is 17.5. The number of carbonyl (C=O) groups is 1. The lowest BCUT2D eigenvalue weighted by Gasteiger charge is -2.30. The van der Waals surface area contributed by atoms with Gasteiger partial charge in [0.15, 0.2) is 5.65 Å². The Hall–Kier alpha value is -2.15. The van der Waals surface area contributed by atoms with E-state index in [1.165, 1.54) is 32.1 Å². The first-order valence-corrected chi connectivity index (χ1v) is 10.3. The zero-order valence-electron chi connectivity index (χ0n) is 17.5. The number of methoxy groups -OCH3 is 1. The molecule has 0 bridgehead atoms. The van der Waals surface area contributed by atoms with Gasteiger partial charge in [0.25, 0.3) is 0 Å². The molecular weight excluding hydrogens is 354 g/mol. The Morgan fingerprint density at radius 1 is 1.32 bits per heavy atom. The van der Waals surface area contributed by atoms with E-state index in [0.717, 1.165) is 27.9 Å². The van der Waals surface area contributed by atoms with Crippen LogP contribution in [0, 0.1) is 19.8 Å². The van der Waals surface area contributed by atoms with Crippen molar-refractivity contribution in [2.24, 2.45) is 18.7 Å². The molecule has 1 atom stereocenters. The summed E-state index contributed by atoms with van der Waals surface area (Å²) in [4.78, 5) is 17.3. The van der Waals surface area contributed by atoms with Crippen molar-refractivity contribution in [3.63, 3.8) is 0 Å². The molecule has 0 aromatic carbocycles. The van der Waals surface area contributed by atoms with Gasteiger partial charge in [-0.2, -0.15) is 0 Å². The van der Waals surface area contributed by atoms with Crippen LogP contribution in [0.5, 0.6) is 5.88 Å². The number of ether oxygens (including phenoxy) is 1. The van der Waals surface area contributed by atoms with Gasteiger partial charge >= 0.3 is 0 Å². The number of hydrogen-bond acceptors (Lipinski definition) is 5. The van der Waals surface area contributed by atoms with Gasteiger partial charge < -0.3 is 15.8 Å². The van der Waals surface area contributed by atoms with Gasteiger partial charge in [0.1, 0.15) is 0 Å². The van der Waals surface area contributed by atoms with Gasteiger partial charge in [-0.1, -0.05) is 19.3 Å². The number of aryl methyl sites for hydroxylation is 3. The lowest BCUT2D eigenvalue weighted by Crippen LogP contribution is -2.46. The maximum atomic E-state index is 12.6. The maximum Gasteiger partial charge on any atom is 0.242 e. The highest BCUT2D eigenvalue weighted by Crippen LogP contribution is 2.30. The van der Waals surface area contributed by atoms with Crippen molar-refractivity contribution in [2.75, 3.05) is 13.7 Å². The second kappa shape index (κ2) is 8.90. The van der Waals surface area contributed by atoms with Crippen LogP contribution in [-0.4, -0.2) is 40.4 Å². The molecule has 1 amide bonds. The number of nitrogens with two attached hydrogens (primary N) is 1. The molecule has 2 aromatic rings. The first-order valence-electron chi connectivity index (χ1n) is 10.3. The molecule has 0 spiro atoms. The number of hydrogen-bond donors (Lipinski definition) is 2. The molecule has 2 heterocycles. The van der Waals surface area contributed by atoms with E-state index < -0.39 is 0 Å². The van der Waals surface area contributed by atoms with E-state index in [-0.39, 0.29) is 11.9 Å². The van der Waals surface area contributed by atoms with Crippen LogP contribution in [0.4, 0.5) is 0 Å². The SMILES string of the molecule is COc1nn(C)c2nc(C)c(CCC(=O)NC(CN)C3CCCCC3)c(C)c12. The van der Waals surface area contributed by atoms with Crippen LogP contribution in [0.3, 0.4) is 0 Å². The predicted molar refractivity (Wildman–Crippen MR) is 110 cm³/mol. The monoisotopic (exact) mass is 387 g/mol. The molecule has 3 rings (SSSR count). The number of amides is 1. The Morgan fingerprint density at radius 3 is 2.68 bits per heavy atom. The summed E-state index contributed by atoms with van der Waals surface area (Å²) in [5, 5.41) is 8.50. The second-order valence-electron chi connectivity index (χ2n) is 7.94. The Morgan fingerprint density at radius 2 is 2.04 bits per heavy atom. The summed E-state index contributed by atoms with van der Waals surface area (Å²) in [6.45, 7) is 4.55. The van der Waals surface area contributed by atoms with Gasteiger partial charge in [0.05, 0.1) is 12.5 Å². The van der Waals surface area contributed by atoms with Crippen LogP contribution in [0.25, 0.3) is 11.0 Å². The second-order valence-corrected chi connectivity index (χ2v) is 7.94. The topological polar surface area (TPSA) is 95.1 Å². The summed E-state index contributed by atoms with van der Waals surface area (Å²) in [5.41, 5.74) is 9.88. The van der Waals surface area contributed by atoms with Gasteiger partial charge in [0.2, 0.25) is 11.8 Å². The van der Waals surface area contributed by atoms with E-state index in [9.17, 15) is 4.79 Å². The third-order valence-electron chi connectivity index (χ3n) is 6.14. The fourth-order valence-electron chi connectivity index (χ4n) is 4.53. The third-order valence-corrected chi connectivity index (χ3v) is 6.14. The first-order chi connectivity index (χ1) is 13.5. The molecule has 3 N–H and O–H groups in total. The third kappa shape index (κ3) is 4.14. The van der Waals surface area contributed by atoms with Crippen molar-refractivity contribution in [2.45, 2.75) is 64.8 Å². The van der Waals surface area contributed by atoms with Crippen LogP contribution < -0.4 is 15.8 Å². The lowest BCUT2D eigenvalue weighted by molar-refractivity contribution is -0.122. The van der Waals surface area contributed by atoms with Crippen molar-refractivity contribution in [1.29, 1.82) is 0 Å². The number of nitrogens with one attached hydrogen (secondary N) is 1. The van der Waals surface area contributed by atoms with Crippen molar-refractivity contribution in [1.82, 2.24) is 20.1 Å². The predicted octanol–water partition coefficient (Wildman–Crippen LogP) is 2.55. The van der Waals surface area contributed by atoms with Crippen LogP contribution in [0.15, 0.2) is 0 Å². The summed E-state index contributed by atoms with van der Waals surface area (Å²) in [6.07, 6.45) is 7.20. The molecule has 1 saturated carbocycles. The summed E-state index contributed by atoms with van der Waals surface area (Å²) in [7, 11) is 3.48. The van der Waals surface area contributed by atoms with Gasteiger partial charge in [-0.25, -0.2) is 9.67 Å². The number of aromatic nitrogens is 3. The Bertz CT molecular complexity index is 839. The lowest BCUT2D eigenvalue weighted by atomic mass is 9.84. The van der Waals surface area contributed by atoms with Crippen LogP contribution >= 0.6 is 0 Å². The summed E-state index contributed by atoms with van der Waals surface area (Å²) in [5.74, 6) is 1.16. The van der Waals surface area contributed by atoms with Gasteiger partial charge in [-0.15, -0.1) is 5.10 Å². The Balaban J connectivity index is 1.71. The summed E-state index contributed by atoms with van der Waals surface area (Å²) in [6, 6.07) is 0.0917. The number of nitrogens with zero attached hydrogens (tertiary/aromatic N) is 3. The minimum absolute atomic E-state index is 0.0677. The normalized spacial score (nSPS) is 16.3. The average Bonchev–Trinajstić information content (AvgIpc) is 3.02. The summed E-state index contributed by atoms with van der Waals surface area (Å²) < 4.78 is 7.16. The van der Waals surface area contributed by atoms with Crippen molar-refractivity contribution in [3.8, 4) is 5.88 Å². The standard InChI is InChI=1S/C21H33N5O2/c1-13-16(14(2)23-20-19(13)21(28-4)25-26(20)3)10-11-18(27)24-17(12-22)15-8-6-5-7-9-15/h15,17H,5-12,22H2,1-4H3,(H,24,27). The largest absolute Gasteiger partial charge is 0.479 e. The molecule has 1 aliphatic rings. The van der Waals surface area contributed by atoms with Gasteiger partial charge in [-0.3, -0.25) is 4.79 Å². The number of carbonyl (C=O) groups excluding carboxylic acids is 1. The van der Waals surface area contributed by atoms with E-state index in [1.807, 2.05) is 14.0 Å². The maximum absolute atomic E-state index is 12.6. The highest BCUT2D eigenvalue weighted by atomic mass is 16.5. The molecule has 28 heavy (non-hydrogen) atoms. The summed E-state index contributed by atoms with van der Waals surface area (Å²) >= 11 is 0. The minimum Gasteiger partial charge on any atom is -0.479 e. The van der Waals surface area contributed by atoms with E-state index in [0.29, 0.717) is 31.2 Å². The fourth-order valence-corrected chi connectivity index (χ4v) is 4.53. The highest BCUT2D eigenvalue weighted by molar-refractivity contribution is 5.86. The van der Waals surface area contributed by atoms with E-state index in [4.69, 9.17) is 15.5 Å². The van der Waals surface area contributed by atoms with Gasteiger partial charge in [-0.05, 0) is 50.2 Å². The fraction of sp³-hybridized carbons (Fsp3) is 0.667. The van der Waals surface area contributed by atoms with E-state index in [2.05, 4.69) is 17.3 Å². The number of pyridine rings is 1. The van der Waals surface area contributed by atoms with Crippen molar-refractivity contribution < 1.29 is 9.53 Å². The number of fused-ring (bicyclic) bond motifs is 1. The Kier molecular flexibility index (Phi) is 6.54. The molecule has 7 heteroatoms. The smallest absolute Gasteiger partial charge is 0.242 e. The molecule has 1 fully saturated rings. The van der Waals surface area contributed by atoms with Gasteiger partial charge in [0, 0.05) is 31.7 Å². The molecule has 0 aliphatic heterocycles. The molecule has 1 aliphatic carbocycles. The van der Waals surface area contributed by atoms with Crippen molar-refractivity contribution in [3.05, 3.63) is 16.8 Å². The van der Waals surface area contributed by atoms with Crippen molar-refractivity contribution >= 4 is 16.9 Å². The Labute approximate surface area is 167 Å². The van der Waals surface area contributed by atoms with Crippen LogP contribution in [0.1, 0.15) is 55.3 Å². The molecule has 1 unspecified atom stereocenters. The van der Waals surface area contributed by atoms with E-state index in [1.54, 1.807) is 11.8 Å².